The molecule has 0 aromatic heterocycles. The summed E-state index contributed by atoms with van der Waals surface area (Å²) in [5.74, 6) is -0.790. The van der Waals surface area contributed by atoms with E-state index in [1.807, 2.05) is 24.3 Å². The Bertz CT molecular complexity index is 567. The van der Waals surface area contributed by atoms with Crippen molar-refractivity contribution in [3.8, 4) is 0 Å². The maximum absolute atomic E-state index is 12.5. The molecule has 22 heavy (non-hydrogen) atoms. The summed E-state index contributed by atoms with van der Waals surface area (Å²) in [7, 11) is 0. The van der Waals surface area contributed by atoms with Crippen molar-refractivity contribution >= 4 is 17.5 Å². The molecule has 0 atom stereocenters. The van der Waals surface area contributed by atoms with Crippen molar-refractivity contribution in [1.82, 2.24) is 9.80 Å². The zero-order valence-electron chi connectivity index (χ0n) is 12.7. The highest BCUT2D eigenvalue weighted by Crippen LogP contribution is 2.27. The van der Waals surface area contributed by atoms with E-state index in [9.17, 15) is 9.59 Å². The summed E-state index contributed by atoms with van der Waals surface area (Å²) >= 11 is 0. The minimum absolute atomic E-state index is 0.385. The fourth-order valence-electron chi connectivity index (χ4n) is 3.16. The van der Waals surface area contributed by atoms with Crippen molar-refractivity contribution in [2.24, 2.45) is 5.73 Å². The van der Waals surface area contributed by atoms with Gasteiger partial charge in [-0.05, 0) is 18.1 Å². The number of fused-ring (bicyclic) bond motifs is 1. The lowest BCUT2D eigenvalue weighted by Crippen LogP contribution is -2.53. The molecular formula is C16H22N4O2. The summed E-state index contributed by atoms with van der Waals surface area (Å²) < 4.78 is 0. The molecular weight excluding hydrogens is 280 g/mol. The third-order valence-electron chi connectivity index (χ3n) is 4.42. The normalized spacial score (nSPS) is 18.4. The fraction of sp³-hybridized carbons (Fsp3) is 0.500. The molecule has 6 heteroatoms. The summed E-state index contributed by atoms with van der Waals surface area (Å²) in [4.78, 5) is 30.5. The molecule has 0 spiro atoms. The number of para-hydroxylation sites is 1. The van der Waals surface area contributed by atoms with E-state index < -0.39 is 5.91 Å². The van der Waals surface area contributed by atoms with Crippen LogP contribution in [0.2, 0.25) is 0 Å². The van der Waals surface area contributed by atoms with Gasteiger partial charge in [0.25, 0.3) is 0 Å². The Morgan fingerprint density at radius 3 is 2.45 bits per heavy atom. The minimum Gasteiger partial charge on any atom is -0.332 e. The molecule has 1 saturated heterocycles. The monoisotopic (exact) mass is 302 g/mol. The Morgan fingerprint density at radius 2 is 1.73 bits per heavy atom. The maximum Gasteiger partial charge on any atom is 0.316 e. The Balaban J connectivity index is 1.63. The molecule has 2 aliphatic rings. The highest BCUT2D eigenvalue weighted by atomic mass is 16.2. The van der Waals surface area contributed by atoms with Crippen molar-refractivity contribution in [3.05, 3.63) is 29.8 Å². The third kappa shape index (κ3) is 2.84. The van der Waals surface area contributed by atoms with Gasteiger partial charge in [-0.2, -0.15) is 0 Å². The van der Waals surface area contributed by atoms with Crippen molar-refractivity contribution in [3.63, 3.8) is 0 Å². The highest BCUT2D eigenvalue weighted by molar-refractivity contribution is 6.40. The molecule has 118 valence electrons. The molecule has 1 fully saturated rings. The fourth-order valence-corrected chi connectivity index (χ4v) is 3.16. The quantitative estimate of drug-likeness (QED) is 0.760. The second-order valence-corrected chi connectivity index (χ2v) is 5.76. The van der Waals surface area contributed by atoms with E-state index in [0.717, 1.165) is 37.3 Å². The average Bonchev–Trinajstić information content (AvgIpc) is 2.98. The standard InChI is InChI=1S/C16H22N4O2/c17-6-8-18-9-11-19(12-10-18)15(21)16(22)20-7-5-13-3-1-2-4-14(13)20/h1-4H,5-12,17H2. The molecule has 2 aliphatic heterocycles. The summed E-state index contributed by atoms with van der Waals surface area (Å²) in [6, 6.07) is 7.79. The average molecular weight is 302 g/mol. The first kappa shape index (κ1) is 15.0. The smallest absolute Gasteiger partial charge is 0.316 e. The van der Waals surface area contributed by atoms with Crippen LogP contribution in [0.25, 0.3) is 0 Å². The zero-order chi connectivity index (χ0) is 15.5. The molecule has 1 aromatic rings. The number of hydrogen-bond acceptors (Lipinski definition) is 4. The third-order valence-corrected chi connectivity index (χ3v) is 4.42. The van der Waals surface area contributed by atoms with Gasteiger partial charge >= 0.3 is 11.8 Å². The van der Waals surface area contributed by atoms with Crippen molar-refractivity contribution in [2.45, 2.75) is 6.42 Å². The second-order valence-electron chi connectivity index (χ2n) is 5.76. The highest BCUT2D eigenvalue weighted by Gasteiger charge is 2.33. The zero-order valence-corrected chi connectivity index (χ0v) is 12.7. The van der Waals surface area contributed by atoms with Gasteiger partial charge in [0, 0.05) is 51.5 Å². The molecule has 2 heterocycles. The van der Waals surface area contributed by atoms with Crippen LogP contribution in [0.15, 0.2) is 24.3 Å². The summed E-state index contributed by atoms with van der Waals surface area (Å²) in [5.41, 5.74) is 7.56. The summed E-state index contributed by atoms with van der Waals surface area (Å²) in [6.07, 6.45) is 0.819. The van der Waals surface area contributed by atoms with E-state index in [2.05, 4.69) is 4.90 Å². The number of piperazine rings is 1. The molecule has 0 aliphatic carbocycles. The van der Waals surface area contributed by atoms with E-state index in [1.165, 1.54) is 0 Å². The summed E-state index contributed by atoms with van der Waals surface area (Å²) in [5, 5.41) is 0. The first-order chi connectivity index (χ1) is 10.7. The van der Waals surface area contributed by atoms with E-state index in [1.54, 1.807) is 9.80 Å². The van der Waals surface area contributed by atoms with Crippen molar-refractivity contribution in [2.75, 3.05) is 50.7 Å². The lowest BCUT2D eigenvalue weighted by atomic mass is 10.2. The van der Waals surface area contributed by atoms with Crippen LogP contribution in [0.1, 0.15) is 5.56 Å². The Labute approximate surface area is 130 Å². The van der Waals surface area contributed by atoms with Gasteiger partial charge in [0.2, 0.25) is 0 Å². The van der Waals surface area contributed by atoms with Gasteiger partial charge < -0.3 is 15.5 Å². The minimum atomic E-state index is -0.405. The van der Waals surface area contributed by atoms with Gasteiger partial charge in [-0.3, -0.25) is 14.5 Å². The van der Waals surface area contributed by atoms with Gasteiger partial charge in [-0.15, -0.1) is 0 Å². The molecule has 1 aromatic carbocycles. The first-order valence-corrected chi connectivity index (χ1v) is 7.82. The van der Waals surface area contributed by atoms with Gasteiger partial charge in [0.15, 0.2) is 0 Å². The van der Waals surface area contributed by atoms with Crippen LogP contribution in [0.5, 0.6) is 0 Å². The van der Waals surface area contributed by atoms with Crippen LogP contribution in [0, 0.1) is 0 Å². The maximum atomic E-state index is 12.5. The lowest BCUT2D eigenvalue weighted by Gasteiger charge is -2.34. The number of benzene rings is 1. The molecule has 0 radical (unpaired) electrons. The largest absolute Gasteiger partial charge is 0.332 e. The van der Waals surface area contributed by atoms with Crippen LogP contribution < -0.4 is 10.6 Å². The number of nitrogens with zero attached hydrogens (tertiary/aromatic N) is 3. The molecule has 0 saturated carbocycles. The number of nitrogens with two attached hydrogens (primary N) is 1. The number of carbonyl (C=O) groups excluding carboxylic acids is 2. The Hall–Kier alpha value is -1.92. The number of rotatable bonds is 2. The number of carbonyl (C=O) groups is 2. The van der Waals surface area contributed by atoms with Crippen LogP contribution in [0.3, 0.4) is 0 Å². The first-order valence-electron chi connectivity index (χ1n) is 7.82. The number of hydrogen-bond donors (Lipinski definition) is 1. The Morgan fingerprint density at radius 1 is 1.00 bits per heavy atom. The molecule has 2 amide bonds. The molecule has 0 unspecified atom stereocenters. The molecule has 2 N–H and O–H groups in total. The van der Waals surface area contributed by atoms with Gasteiger partial charge in [-0.1, -0.05) is 18.2 Å². The van der Waals surface area contributed by atoms with Crippen LogP contribution in [-0.2, 0) is 16.0 Å². The van der Waals surface area contributed by atoms with Crippen LogP contribution in [-0.4, -0.2) is 67.4 Å². The second kappa shape index (κ2) is 6.46. The van der Waals surface area contributed by atoms with Crippen molar-refractivity contribution < 1.29 is 9.59 Å². The van der Waals surface area contributed by atoms with E-state index >= 15 is 0 Å². The van der Waals surface area contributed by atoms with Gasteiger partial charge in [-0.25, -0.2) is 0 Å². The summed E-state index contributed by atoms with van der Waals surface area (Å²) in [6.45, 7) is 4.82. The molecule has 0 bridgehead atoms. The number of amides is 2. The SMILES string of the molecule is NCCN1CCN(C(=O)C(=O)N2CCc3ccccc32)CC1. The van der Waals surface area contributed by atoms with Crippen LogP contribution in [0.4, 0.5) is 5.69 Å². The number of anilines is 1. The van der Waals surface area contributed by atoms with E-state index in [0.29, 0.717) is 26.2 Å². The predicted octanol–water partition coefficient (Wildman–Crippen LogP) is -0.321. The van der Waals surface area contributed by atoms with Crippen molar-refractivity contribution in [1.29, 1.82) is 0 Å². The predicted molar refractivity (Wildman–Crippen MR) is 84.6 cm³/mol. The Kier molecular flexibility index (Phi) is 4.40. The molecule has 6 nitrogen and oxygen atoms in total. The van der Waals surface area contributed by atoms with Gasteiger partial charge in [0.05, 0.1) is 0 Å². The molecule has 3 rings (SSSR count). The van der Waals surface area contributed by atoms with E-state index in [4.69, 9.17) is 5.73 Å². The van der Waals surface area contributed by atoms with Crippen LogP contribution >= 0.6 is 0 Å². The topological polar surface area (TPSA) is 69.9 Å². The lowest BCUT2D eigenvalue weighted by molar-refractivity contribution is -0.145. The van der Waals surface area contributed by atoms with E-state index in [-0.39, 0.29) is 5.91 Å². The van der Waals surface area contributed by atoms with Gasteiger partial charge in [0.1, 0.15) is 0 Å².